The maximum Gasteiger partial charge on any atom is 0.131 e. The number of rotatable bonds is 3. The van der Waals surface area contributed by atoms with Crippen molar-refractivity contribution in [3.05, 3.63) is 58.9 Å². The third-order valence-electron chi connectivity index (χ3n) is 4.17. The summed E-state index contributed by atoms with van der Waals surface area (Å²) in [5.41, 5.74) is 9.76. The van der Waals surface area contributed by atoms with Crippen molar-refractivity contribution in [2.24, 2.45) is 5.73 Å². The molecule has 0 spiro atoms. The van der Waals surface area contributed by atoms with E-state index >= 15 is 0 Å². The summed E-state index contributed by atoms with van der Waals surface area (Å²) in [4.78, 5) is 0. The van der Waals surface area contributed by atoms with Crippen molar-refractivity contribution in [1.82, 2.24) is 0 Å². The fraction of sp³-hybridized carbons (Fsp3) is 0.294. The van der Waals surface area contributed by atoms with Gasteiger partial charge in [0, 0.05) is 12.7 Å². The first-order valence-corrected chi connectivity index (χ1v) is 6.80. The highest BCUT2D eigenvalue weighted by Crippen LogP contribution is 2.52. The normalized spacial score (nSPS) is 19.8. The van der Waals surface area contributed by atoms with Crippen LogP contribution in [0, 0.1) is 12.7 Å². The zero-order valence-corrected chi connectivity index (χ0v) is 11.7. The van der Waals surface area contributed by atoms with Crippen LogP contribution in [-0.4, -0.2) is 13.7 Å². The van der Waals surface area contributed by atoms with Crippen LogP contribution < -0.4 is 5.73 Å². The largest absolute Gasteiger partial charge is 0.369 e. The van der Waals surface area contributed by atoms with E-state index in [9.17, 15) is 4.39 Å². The second-order valence-corrected chi connectivity index (χ2v) is 5.28. The number of hydrogen-bond donors (Lipinski definition) is 1. The quantitative estimate of drug-likeness (QED) is 0.929. The number of nitrogens with two attached hydrogens (primary N) is 1. The molecule has 3 heteroatoms. The van der Waals surface area contributed by atoms with E-state index < -0.39 is 5.60 Å². The van der Waals surface area contributed by atoms with Crippen molar-refractivity contribution in [2.45, 2.75) is 18.9 Å². The standard InChI is InChI=1S/C17H18FNO/c1-11-6-7-12-14(10-11)17(20-2,8-9-19)13-4-3-5-15(18)16(12)13/h3-7,10H,8-9,19H2,1-2H3. The Morgan fingerprint density at radius 1 is 1.20 bits per heavy atom. The fourth-order valence-corrected chi connectivity index (χ4v) is 3.28. The molecule has 0 fully saturated rings. The summed E-state index contributed by atoms with van der Waals surface area (Å²) in [5.74, 6) is -0.205. The Labute approximate surface area is 118 Å². The van der Waals surface area contributed by atoms with Crippen molar-refractivity contribution in [3.63, 3.8) is 0 Å². The molecule has 1 aliphatic rings. The second kappa shape index (κ2) is 4.69. The first kappa shape index (κ1) is 13.3. The van der Waals surface area contributed by atoms with E-state index in [1.54, 1.807) is 13.2 Å². The van der Waals surface area contributed by atoms with Crippen molar-refractivity contribution < 1.29 is 9.13 Å². The van der Waals surface area contributed by atoms with E-state index in [-0.39, 0.29) is 5.82 Å². The number of halogens is 1. The summed E-state index contributed by atoms with van der Waals surface area (Å²) in [5, 5.41) is 0. The van der Waals surface area contributed by atoms with Gasteiger partial charge in [0.1, 0.15) is 11.4 Å². The van der Waals surface area contributed by atoms with Gasteiger partial charge in [0.2, 0.25) is 0 Å². The van der Waals surface area contributed by atoms with Crippen LogP contribution in [0.3, 0.4) is 0 Å². The maximum absolute atomic E-state index is 14.3. The lowest BCUT2D eigenvalue weighted by atomic mass is 9.87. The van der Waals surface area contributed by atoms with Gasteiger partial charge in [-0.05, 0) is 42.6 Å². The van der Waals surface area contributed by atoms with Crippen LogP contribution in [0.25, 0.3) is 11.1 Å². The van der Waals surface area contributed by atoms with Crippen molar-refractivity contribution in [2.75, 3.05) is 13.7 Å². The molecule has 1 unspecified atom stereocenters. The molecule has 2 aromatic rings. The number of hydrogen-bond acceptors (Lipinski definition) is 2. The van der Waals surface area contributed by atoms with Gasteiger partial charge in [0.25, 0.3) is 0 Å². The molecule has 104 valence electrons. The summed E-state index contributed by atoms with van der Waals surface area (Å²) in [7, 11) is 1.67. The molecule has 0 aromatic heterocycles. The first-order valence-electron chi connectivity index (χ1n) is 6.80. The van der Waals surface area contributed by atoms with Crippen molar-refractivity contribution in [1.29, 1.82) is 0 Å². The predicted octanol–water partition coefficient (Wildman–Crippen LogP) is 3.35. The van der Waals surface area contributed by atoms with E-state index in [1.165, 1.54) is 6.07 Å². The number of ether oxygens (including phenoxy) is 1. The SMILES string of the molecule is COC1(CCN)c2cc(C)ccc2-c2c(F)cccc21. The highest BCUT2D eigenvalue weighted by atomic mass is 19.1. The lowest BCUT2D eigenvalue weighted by Gasteiger charge is -2.30. The highest BCUT2D eigenvalue weighted by molar-refractivity contribution is 5.81. The molecule has 2 nitrogen and oxygen atoms in total. The summed E-state index contributed by atoms with van der Waals surface area (Å²) in [6.07, 6.45) is 0.635. The van der Waals surface area contributed by atoms with Gasteiger partial charge in [-0.3, -0.25) is 0 Å². The van der Waals surface area contributed by atoms with E-state index in [0.29, 0.717) is 18.5 Å². The topological polar surface area (TPSA) is 35.2 Å². The Kier molecular flexibility index (Phi) is 3.11. The van der Waals surface area contributed by atoms with Crippen molar-refractivity contribution >= 4 is 0 Å². The molecule has 0 bridgehead atoms. The molecule has 1 atom stereocenters. The zero-order chi connectivity index (χ0) is 14.3. The number of methoxy groups -OCH3 is 1. The smallest absolute Gasteiger partial charge is 0.131 e. The Hall–Kier alpha value is -1.71. The van der Waals surface area contributed by atoms with Crippen LogP contribution >= 0.6 is 0 Å². The minimum Gasteiger partial charge on any atom is -0.369 e. The lowest BCUT2D eigenvalue weighted by molar-refractivity contribution is 0.0203. The molecule has 3 rings (SSSR count). The van der Waals surface area contributed by atoms with E-state index in [0.717, 1.165) is 22.3 Å². The van der Waals surface area contributed by atoms with Crippen LogP contribution in [0.1, 0.15) is 23.1 Å². The number of aryl methyl sites for hydroxylation is 1. The van der Waals surface area contributed by atoms with E-state index in [1.807, 2.05) is 25.1 Å². The van der Waals surface area contributed by atoms with Crippen LogP contribution in [0.2, 0.25) is 0 Å². The van der Waals surface area contributed by atoms with Gasteiger partial charge in [-0.1, -0.05) is 35.9 Å². The highest BCUT2D eigenvalue weighted by Gasteiger charge is 2.44. The minimum absolute atomic E-state index is 0.205. The second-order valence-electron chi connectivity index (χ2n) is 5.28. The van der Waals surface area contributed by atoms with E-state index in [2.05, 4.69) is 6.07 Å². The zero-order valence-electron chi connectivity index (χ0n) is 11.7. The molecule has 0 radical (unpaired) electrons. The number of benzene rings is 2. The summed E-state index contributed by atoms with van der Waals surface area (Å²) >= 11 is 0. The van der Waals surface area contributed by atoms with Crippen LogP contribution in [0.5, 0.6) is 0 Å². The van der Waals surface area contributed by atoms with Gasteiger partial charge in [0.15, 0.2) is 0 Å². The molecule has 0 amide bonds. The van der Waals surface area contributed by atoms with Gasteiger partial charge < -0.3 is 10.5 Å². The molecule has 0 saturated heterocycles. The molecule has 1 aliphatic carbocycles. The van der Waals surface area contributed by atoms with E-state index in [4.69, 9.17) is 10.5 Å². The lowest BCUT2D eigenvalue weighted by Crippen LogP contribution is -2.30. The average Bonchev–Trinajstić information content (AvgIpc) is 2.71. The Balaban J connectivity index is 2.38. The molecule has 0 saturated carbocycles. The monoisotopic (exact) mass is 271 g/mol. The van der Waals surface area contributed by atoms with Gasteiger partial charge in [0.05, 0.1) is 0 Å². The van der Waals surface area contributed by atoms with Gasteiger partial charge in [-0.2, -0.15) is 0 Å². The molecule has 20 heavy (non-hydrogen) atoms. The molecule has 2 aromatic carbocycles. The fourth-order valence-electron chi connectivity index (χ4n) is 3.28. The van der Waals surface area contributed by atoms with Gasteiger partial charge in [-0.25, -0.2) is 4.39 Å². The van der Waals surface area contributed by atoms with Gasteiger partial charge in [-0.15, -0.1) is 0 Å². The molecule has 0 heterocycles. The molecule has 2 N–H and O–H groups in total. The number of fused-ring (bicyclic) bond motifs is 3. The summed E-state index contributed by atoms with van der Waals surface area (Å²) in [6, 6.07) is 11.2. The average molecular weight is 271 g/mol. The third-order valence-corrected chi connectivity index (χ3v) is 4.17. The molecular weight excluding hydrogens is 253 g/mol. The maximum atomic E-state index is 14.3. The molecular formula is C17H18FNO. The Bertz CT molecular complexity index is 668. The van der Waals surface area contributed by atoms with Gasteiger partial charge >= 0.3 is 0 Å². The Morgan fingerprint density at radius 3 is 2.70 bits per heavy atom. The minimum atomic E-state index is -0.631. The van der Waals surface area contributed by atoms with Crippen LogP contribution in [0.4, 0.5) is 4.39 Å². The summed E-state index contributed by atoms with van der Waals surface area (Å²) < 4.78 is 20.2. The van der Waals surface area contributed by atoms with Crippen LogP contribution in [0.15, 0.2) is 36.4 Å². The summed E-state index contributed by atoms with van der Waals surface area (Å²) in [6.45, 7) is 2.51. The van der Waals surface area contributed by atoms with Crippen LogP contribution in [-0.2, 0) is 10.3 Å². The third kappa shape index (κ3) is 1.63. The predicted molar refractivity (Wildman–Crippen MR) is 78.0 cm³/mol. The molecule has 0 aliphatic heterocycles. The first-order chi connectivity index (χ1) is 9.64. The Morgan fingerprint density at radius 2 is 2.00 bits per heavy atom. The van der Waals surface area contributed by atoms with Crippen molar-refractivity contribution in [3.8, 4) is 11.1 Å².